The largest absolute Gasteiger partial charge is 0.294 e. The molecule has 94 valence electrons. The molecule has 0 aliphatic rings. The molecule has 0 bridgehead atoms. The Morgan fingerprint density at radius 2 is 1.21 bits per heavy atom. The molecule has 0 aliphatic heterocycles. The van der Waals surface area contributed by atoms with Crippen molar-refractivity contribution in [3.8, 4) is 0 Å². The highest BCUT2D eigenvalue weighted by atomic mass is 32.1. The maximum atomic E-state index is 11.7. The maximum Gasteiger partial charge on any atom is 0.161 e. The molecule has 0 atom stereocenters. The smallest absolute Gasteiger partial charge is 0.161 e. The molecular formula is C16H12O2S. The van der Waals surface area contributed by atoms with Gasteiger partial charge < -0.3 is 0 Å². The van der Waals surface area contributed by atoms with Gasteiger partial charge in [-0.1, -0.05) is 24.3 Å². The number of carbonyl (C=O) groups excluding carboxylic acids is 2. The van der Waals surface area contributed by atoms with Crippen LogP contribution in [0.25, 0.3) is 20.2 Å². The molecule has 3 heteroatoms. The molecule has 0 saturated heterocycles. The third kappa shape index (κ3) is 1.78. The zero-order valence-electron chi connectivity index (χ0n) is 10.7. The number of hydrogen-bond acceptors (Lipinski definition) is 3. The fourth-order valence-corrected chi connectivity index (χ4v) is 3.80. The van der Waals surface area contributed by atoms with E-state index in [4.69, 9.17) is 0 Å². The van der Waals surface area contributed by atoms with Gasteiger partial charge in [-0.3, -0.25) is 9.59 Å². The van der Waals surface area contributed by atoms with Crippen LogP contribution in [0.4, 0.5) is 0 Å². The van der Waals surface area contributed by atoms with Crippen LogP contribution in [0.15, 0.2) is 36.4 Å². The quantitative estimate of drug-likeness (QED) is 0.643. The highest BCUT2D eigenvalue weighted by molar-refractivity contribution is 7.26. The summed E-state index contributed by atoms with van der Waals surface area (Å²) in [4.78, 5) is 23.4. The molecule has 0 aliphatic carbocycles. The summed E-state index contributed by atoms with van der Waals surface area (Å²) in [6.45, 7) is 3.15. The monoisotopic (exact) mass is 268 g/mol. The first-order valence-electron chi connectivity index (χ1n) is 6.05. The van der Waals surface area contributed by atoms with Crippen molar-refractivity contribution >= 4 is 43.1 Å². The highest BCUT2D eigenvalue weighted by Gasteiger charge is 2.14. The highest BCUT2D eigenvalue weighted by Crippen LogP contribution is 2.37. The second-order valence-corrected chi connectivity index (χ2v) is 5.60. The van der Waals surface area contributed by atoms with E-state index in [9.17, 15) is 9.59 Å². The Morgan fingerprint density at radius 1 is 0.789 bits per heavy atom. The molecule has 2 aromatic carbocycles. The Bertz CT molecular complexity index is 759. The number of carbonyl (C=O) groups is 2. The summed E-state index contributed by atoms with van der Waals surface area (Å²) in [5, 5.41) is 2.10. The Morgan fingerprint density at radius 3 is 1.58 bits per heavy atom. The first kappa shape index (κ1) is 12.1. The Balaban J connectivity index is 2.51. The second kappa shape index (κ2) is 4.28. The Labute approximate surface area is 114 Å². The Kier molecular flexibility index (Phi) is 2.72. The van der Waals surface area contributed by atoms with Crippen LogP contribution in [0, 0.1) is 0 Å². The normalized spacial score (nSPS) is 11.1. The van der Waals surface area contributed by atoms with Crippen LogP contribution in [0.5, 0.6) is 0 Å². The third-order valence-corrected chi connectivity index (χ3v) is 4.57. The van der Waals surface area contributed by atoms with Crippen LogP contribution in [-0.4, -0.2) is 11.6 Å². The lowest BCUT2D eigenvalue weighted by atomic mass is 10.0. The van der Waals surface area contributed by atoms with Crippen molar-refractivity contribution in [3.05, 3.63) is 47.5 Å². The fraction of sp³-hybridized carbons (Fsp3) is 0.125. The number of Topliss-reactive ketones (excluding diaryl/α,β-unsaturated/α-hetero) is 2. The summed E-state index contributed by atoms with van der Waals surface area (Å²) in [6, 6.07) is 11.5. The maximum absolute atomic E-state index is 11.7. The molecule has 0 N–H and O–H groups in total. The van der Waals surface area contributed by atoms with Crippen LogP contribution in [0.1, 0.15) is 34.6 Å². The van der Waals surface area contributed by atoms with E-state index in [1.165, 1.54) is 11.3 Å². The van der Waals surface area contributed by atoms with Gasteiger partial charge in [-0.25, -0.2) is 0 Å². The Hall–Kier alpha value is -2.00. The molecule has 3 rings (SSSR count). The first-order valence-corrected chi connectivity index (χ1v) is 6.87. The van der Waals surface area contributed by atoms with Crippen LogP contribution in [0.2, 0.25) is 0 Å². The van der Waals surface area contributed by atoms with Gasteiger partial charge in [0, 0.05) is 31.3 Å². The molecule has 1 heterocycles. The minimum absolute atomic E-state index is 0.0570. The van der Waals surface area contributed by atoms with E-state index < -0.39 is 0 Å². The molecule has 2 nitrogen and oxygen atoms in total. The zero-order chi connectivity index (χ0) is 13.6. The summed E-state index contributed by atoms with van der Waals surface area (Å²) in [5.41, 5.74) is 1.46. The fourth-order valence-electron chi connectivity index (χ4n) is 2.37. The summed E-state index contributed by atoms with van der Waals surface area (Å²) in [6.07, 6.45) is 0. The van der Waals surface area contributed by atoms with Crippen molar-refractivity contribution in [1.82, 2.24) is 0 Å². The average Bonchev–Trinajstić information content (AvgIpc) is 2.76. The van der Waals surface area contributed by atoms with Crippen LogP contribution < -0.4 is 0 Å². The first-order chi connectivity index (χ1) is 9.09. The minimum atomic E-state index is 0.0570. The van der Waals surface area contributed by atoms with E-state index in [1.807, 2.05) is 36.4 Å². The standard InChI is InChI=1S/C16H12O2S/c1-9(17)11-5-3-7-13-14-8-4-6-12(10(2)18)16(14)19-15(11)13/h3-8H,1-2H3. The van der Waals surface area contributed by atoms with Crippen molar-refractivity contribution in [3.63, 3.8) is 0 Å². The minimum Gasteiger partial charge on any atom is -0.294 e. The number of benzene rings is 2. The number of hydrogen-bond donors (Lipinski definition) is 0. The molecule has 1 aromatic heterocycles. The van der Waals surface area contributed by atoms with Gasteiger partial charge >= 0.3 is 0 Å². The molecular weight excluding hydrogens is 256 g/mol. The van der Waals surface area contributed by atoms with Crippen molar-refractivity contribution in [1.29, 1.82) is 0 Å². The SMILES string of the molecule is CC(=O)c1cccc2c1sc1c(C(C)=O)cccc12. The predicted molar refractivity (Wildman–Crippen MR) is 79.3 cm³/mol. The van der Waals surface area contributed by atoms with Crippen LogP contribution >= 0.6 is 11.3 Å². The van der Waals surface area contributed by atoms with E-state index in [0.29, 0.717) is 0 Å². The van der Waals surface area contributed by atoms with Gasteiger partial charge in [0.2, 0.25) is 0 Å². The lowest BCUT2D eigenvalue weighted by Gasteiger charge is -1.97. The van der Waals surface area contributed by atoms with Crippen molar-refractivity contribution in [2.75, 3.05) is 0 Å². The lowest BCUT2D eigenvalue weighted by molar-refractivity contribution is 0.101. The topological polar surface area (TPSA) is 34.1 Å². The van der Waals surface area contributed by atoms with Gasteiger partial charge in [0.05, 0.1) is 0 Å². The van der Waals surface area contributed by atoms with E-state index in [2.05, 4.69) is 0 Å². The number of ketones is 2. The molecule has 0 amide bonds. The number of thiophene rings is 1. The van der Waals surface area contributed by atoms with Gasteiger partial charge in [-0.05, 0) is 26.0 Å². The number of rotatable bonds is 2. The summed E-state index contributed by atoms with van der Waals surface area (Å²) >= 11 is 1.53. The molecule has 0 saturated carbocycles. The third-order valence-electron chi connectivity index (χ3n) is 3.28. The van der Waals surface area contributed by atoms with Gasteiger partial charge in [-0.15, -0.1) is 11.3 Å². The van der Waals surface area contributed by atoms with Crippen LogP contribution in [0.3, 0.4) is 0 Å². The second-order valence-electron chi connectivity index (χ2n) is 4.58. The van der Waals surface area contributed by atoms with Gasteiger partial charge in [0.15, 0.2) is 11.6 Å². The van der Waals surface area contributed by atoms with Crippen molar-refractivity contribution < 1.29 is 9.59 Å². The molecule has 19 heavy (non-hydrogen) atoms. The van der Waals surface area contributed by atoms with Crippen molar-refractivity contribution in [2.24, 2.45) is 0 Å². The van der Waals surface area contributed by atoms with E-state index in [-0.39, 0.29) is 11.6 Å². The lowest BCUT2D eigenvalue weighted by Crippen LogP contribution is -1.90. The van der Waals surface area contributed by atoms with Gasteiger partial charge in [0.1, 0.15) is 0 Å². The molecule has 0 unspecified atom stereocenters. The van der Waals surface area contributed by atoms with Crippen LogP contribution in [-0.2, 0) is 0 Å². The van der Waals surface area contributed by atoms with Gasteiger partial charge in [-0.2, -0.15) is 0 Å². The number of fused-ring (bicyclic) bond motifs is 3. The molecule has 0 spiro atoms. The van der Waals surface area contributed by atoms with Gasteiger partial charge in [0.25, 0.3) is 0 Å². The zero-order valence-corrected chi connectivity index (χ0v) is 11.5. The summed E-state index contributed by atoms with van der Waals surface area (Å²) < 4.78 is 1.94. The summed E-state index contributed by atoms with van der Waals surface area (Å²) in [5.74, 6) is 0.114. The average molecular weight is 268 g/mol. The molecule has 0 radical (unpaired) electrons. The van der Waals surface area contributed by atoms with E-state index >= 15 is 0 Å². The van der Waals surface area contributed by atoms with E-state index in [0.717, 1.165) is 31.3 Å². The van der Waals surface area contributed by atoms with E-state index in [1.54, 1.807) is 13.8 Å². The molecule has 0 fully saturated rings. The summed E-state index contributed by atoms with van der Waals surface area (Å²) in [7, 11) is 0. The molecule has 3 aromatic rings. The predicted octanol–water partition coefficient (Wildman–Crippen LogP) is 4.46. The van der Waals surface area contributed by atoms with Crippen molar-refractivity contribution in [2.45, 2.75) is 13.8 Å².